The molecule has 0 aliphatic carbocycles. The van der Waals surface area contributed by atoms with Crippen molar-refractivity contribution in [3.63, 3.8) is 0 Å². The van der Waals surface area contributed by atoms with Gasteiger partial charge in [-0.1, -0.05) is 24.3 Å². The number of carboxylic acid groups (broad SMARTS) is 1. The van der Waals surface area contributed by atoms with Gasteiger partial charge in [-0.25, -0.2) is 0 Å². The molecule has 0 saturated carbocycles. The molecule has 2 aromatic rings. The van der Waals surface area contributed by atoms with E-state index >= 15 is 0 Å². The summed E-state index contributed by atoms with van der Waals surface area (Å²) in [5.41, 5.74) is 2.96. The van der Waals surface area contributed by atoms with Crippen LogP contribution < -0.4 is 5.32 Å². The first-order valence-corrected chi connectivity index (χ1v) is 6.23. The number of rotatable bonds is 5. The van der Waals surface area contributed by atoms with Gasteiger partial charge in [0, 0.05) is 16.9 Å². The molecule has 0 radical (unpaired) electrons. The maximum Gasteiger partial charge on any atom is 0.307 e. The second kappa shape index (κ2) is 6.02. The molecule has 2 rings (SSSR count). The Hall–Kier alpha value is -2.62. The van der Waals surface area contributed by atoms with E-state index in [2.05, 4.69) is 5.32 Å². The van der Waals surface area contributed by atoms with Crippen LogP contribution in [0.2, 0.25) is 0 Å². The maximum absolute atomic E-state index is 11.3. The van der Waals surface area contributed by atoms with Crippen molar-refractivity contribution < 1.29 is 14.7 Å². The highest BCUT2D eigenvalue weighted by atomic mass is 16.4. The zero-order valence-electron chi connectivity index (χ0n) is 11.1. The normalized spacial score (nSPS) is 10.1. The van der Waals surface area contributed by atoms with Crippen LogP contribution in [-0.4, -0.2) is 16.9 Å². The quantitative estimate of drug-likeness (QED) is 0.818. The van der Waals surface area contributed by atoms with Crippen molar-refractivity contribution >= 4 is 23.1 Å². The number of nitrogens with one attached hydrogen (secondary N) is 1. The van der Waals surface area contributed by atoms with Crippen LogP contribution >= 0.6 is 0 Å². The number of Topliss-reactive ketones (excluding diaryl/α,β-unsaturated/α-hetero) is 1. The van der Waals surface area contributed by atoms with Gasteiger partial charge < -0.3 is 10.4 Å². The van der Waals surface area contributed by atoms with E-state index in [1.165, 1.54) is 6.92 Å². The van der Waals surface area contributed by atoms with Crippen molar-refractivity contribution in [2.45, 2.75) is 13.3 Å². The minimum Gasteiger partial charge on any atom is -0.481 e. The molecule has 0 unspecified atom stereocenters. The smallest absolute Gasteiger partial charge is 0.307 e. The van der Waals surface area contributed by atoms with Crippen LogP contribution in [0.3, 0.4) is 0 Å². The molecule has 0 spiro atoms. The largest absolute Gasteiger partial charge is 0.481 e. The Morgan fingerprint density at radius 2 is 1.70 bits per heavy atom. The number of benzene rings is 2. The number of carboxylic acids is 1. The number of hydrogen-bond acceptors (Lipinski definition) is 3. The summed E-state index contributed by atoms with van der Waals surface area (Å²) in [5, 5.41) is 12.0. The number of hydrogen-bond donors (Lipinski definition) is 2. The molecular weight excluding hydrogens is 254 g/mol. The predicted molar refractivity (Wildman–Crippen MR) is 77.5 cm³/mol. The Kier molecular flexibility index (Phi) is 4.15. The molecular formula is C16H15NO3. The summed E-state index contributed by atoms with van der Waals surface area (Å²) in [6, 6.07) is 14.4. The summed E-state index contributed by atoms with van der Waals surface area (Å²) < 4.78 is 0. The first kappa shape index (κ1) is 13.8. The summed E-state index contributed by atoms with van der Waals surface area (Å²) in [7, 11) is 0. The van der Waals surface area contributed by atoms with Gasteiger partial charge in [0.25, 0.3) is 0 Å². The second-order valence-electron chi connectivity index (χ2n) is 4.53. The molecule has 0 aromatic heterocycles. The average Bonchev–Trinajstić information content (AvgIpc) is 2.38. The first-order valence-electron chi connectivity index (χ1n) is 6.23. The Balaban J connectivity index is 2.19. The van der Waals surface area contributed by atoms with Crippen LogP contribution in [0.1, 0.15) is 22.8 Å². The van der Waals surface area contributed by atoms with Crippen molar-refractivity contribution in [2.24, 2.45) is 0 Å². The summed E-state index contributed by atoms with van der Waals surface area (Å²) >= 11 is 0. The number of carbonyl (C=O) groups excluding carboxylic acids is 1. The van der Waals surface area contributed by atoms with Crippen LogP contribution in [-0.2, 0) is 11.2 Å². The number of ketones is 1. The predicted octanol–water partition coefficient (Wildman–Crippen LogP) is 3.26. The average molecular weight is 269 g/mol. The van der Waals surface area contributed by atoms with E-state index < -0.39 is 5.97 Å². The summed E-state index contributed by atoms with van der Waals surface area (Å²) in [4.78, 5) is 22.0. The molecule has 4 heteroatoms. The molecule has 20 heavy (non-hydrogen) atoms. The molecule has 0 fully saturated rings. The monoisotopic (exact) mass is 269 g/mol. The minimum absolute atomic E-state index is 0.00766. The molecule has 0 amide bonds. The Morgan fingerprint density at radius 3 is 2.35 bits per heavy atom. The third-order valence-corrected chi connectivity index (χ3v) is 2.84. The van der Waals surface area contributed by atoms with Crippen molar-refractivity contribution in [2.75, 3.05) is 5.32 Å². The zero-order valence-corrected chi connectivity index (χ0v) is 11.1. The van der Waals surface area contributed by atoms with Gasteiger partial charge in [-0.05, 0) is 36.8 Å². The van der Waals surface area contributed by atoms with E-state index in [1.54, 1.807) is 36.4 Å². The van der Waals surface area contributed by atoms with E-state index in [9.17, 15) is 9.59 Å². The SMILES string of the molecule is CC(=O)c1cccc(Nc2cccc(CC(=O)O)c2)c1. The minimum atomic E-state index is -0.860. The van der Waals surface area contributed by atoms with E-state index in [1.807, 2.05) is 12.1 Å². The number of carbonyl (C=O) groups is 2. The third-order valence-electron chi connectivity index (χ3n) is 2.84. The second-order valence-corrected chi connectivity index (χ2v) is 4.53. The lowest BCUT2D eigenvalue weighted by molar-refractivity contribution is -0.136. The molecule has 4 nitrogen and oxygen atoms in total. The van der Waals surface area contributed by atoms with Gasteiger partial charge in [-0.2, -0.15) is 0 Å². The van der Waals surface area contributed by atoms with Gasteiger partial charge in [0.15, 0.2) is 5.78 Å². The Labute approximate surface area is 117 Å². The summed E-state index contributed by atoms with van der Waals surface area (Å²) in [6.07, 6.45) is -0.0109. The molecule has 0 heterocycles. The van der Waals surface area contributed by atoms with Crippen LogP contribution in [0, 0.1) is 0 Å². The summed E-state index contributed by atoms with van der Waals surface area (Å²) in [6.45, 7) is 1.52. The molecule has 0 aliphatic rings. The van der Waals surface area contributed by atoms with Crippen molar-refractivity contribution in [3.8, 4) is 0 Å². The highest BCUT2D eigenvalue weighted by Gasteiger charge is 2.03. The van der Waals surface area contributed by atoms with Gasteiger partial charge in [0.2, 0.25) is 0 Å². The van der Waals surface area contributed by atoms with Gasteiger partial charge in [-0.15, -0.1) is 0 Å². The number of aliphatic carboxylic acids is 1. The molecule has 2 N–H and O–H groups in total. The summed E-state index contributed by atoms with van der Waals surface area (Å²) in [5.74, 6) is -0.853. The van der Waals surface area contributed by atoms with Crippen LogP contribution in [0.15, 0.2) is 48.5 Å². The molecule has 2 aromatic carbocycles. The third kappa shape index (κ3) is 3.68. The lowest BCUT2D eigenvalue weighted by Gasteiger charge is -2.08. The molecule has 0 aliphatic heterocycles. The first-order chi connectivity index (χ1) is 9.54. The van der Waals surface area contributed by atoms with Crippen molar-refractivity contribution in [1.29, 1.82) is 0 Å². The Morgan fingerprint density at radius 1 is 1.05 bits per heavy atom. The lowest BCUT2D eigenvalue weighted by Crippen LogP contribution is -2.00. The number of anilines is 2. The standard InChI is InChI=1S/C16H15NO3/c1-11(18)13-5-3-7-15(10-13)17-14-6-2-4-12(8-14)9-16(19)20/h2-8,10,17H,9H2,1H3,(H,19,20). The van der Waals surface area contributed by atoms with Gasteiger partial charge in [0.1, 0.15) is 0 Å². The van der Waals surface area contributed by atoms with Crippen molar-refractivity contribution in [1.82, 2.24) is 0 Å². The van der Waals surface area contributed by atoms with E-state index in [0.29, 0.717) is 5.56 Å². The molecule has 0 bridgehead atoms. The van der Waals surface area contributed by atoms with Crippen LogP contribution in [0.25, 0.3) is 0 Å². The van der Waals surface area contributed by atoms with Gasteiger partial charge in [-0.3, -0.25) is 9.59 Å². The fourth-order valence-electron chi connectivity index (χ4n) is 1.92. The van der Waals surface area contributed by atoms with Gasteiger partial charge in [0.05, 0.1) is 6.42 Å². The van der Waals surface area contributed by atoms with Crippen LogP contribution in [0.5, 0.6) is 0 Å². The maximum atomic E-state index is 11.3. The van der Waals surface area contributed by atoms with E-state index in [4.69, 9.17) is 5.11 Å². The fraction of sp³-hybridized carbons (Fsp3) is 0.125. The highest BCUT2D eigenvalue weighted by molar-refractivity contribution is 5.95. The highest BCUT2D eigenvalue weighted by Crippen LogP contribution is 2.19. The van der Waals surface area contributed by atoms with E-state index in [0.717, 1.165) is 16.9 Å². The Bertz CT molecular complexity index is 650. The van der Waals surface area contributed by atoms with Crippen LogP contribution in [0.4, 0.5) is 11.4 Å². The molecule has 102 valence electrons. The fourth-order valence-corrected chi connectivity index (χ4v) is 1.92. The van der Waals surface area contributed by atoms with Gasteiger partial charge >= 0.3 is 5.97 Å². The lowest BCUT2D eigenvalue weighted by atomic mass is 10.1. The topological polar surface area (TPSA) is 66.4 Å². The van der Waals surface area contributed by atoms with E-state index in [-0.39, 0.29) is 12.2 Å². The zero-order chi connectivity index (χ0) is 14.5. The molecule has 0 atom stereocenters. The molecule has 0 saturated heterocycles. The van der Waals surface area contributed by atoms with Crippen molar-refractivity contribution in [3.05, 3.63) is 59.7 Å².